The maximum absolute atomic E-state index is 10.2. The second kappa shape index (κ2) is 4.53. The molecule has 1 aliphatic heterocycles. The molecule has 4 heteroatoms. The van der Waals surface area contributed by atoms with Crippen molar-refractivity contribution in [2.24, 2.45) is 5.92 Å². The first-order chi connectivity index (χ1) is 7.09. The van der Waals surface area contributed by atoms with E-state index in [1.807, 2.05) is 13.0 Å². The summed E-state index contributed by atoms with van der Waals surface area (Å²) in [6.45, 7) is 4.94. The summed E-state index contributed by atoms with van der Waals surface area (Å²) >= 11 is 5.10. The number of aliphatic hydroxyl groups excluding tert-OH is 1. The Morgan fingerprint density at radius 1 is 1.67 bits per heavy atom. The van der Waals surface area contributed by atoms with E-state index in [0.717, 1.165) is 27.3 Å². The Labute approximate surface area is 102 Å². The van der Waals surface area contributed by atoms with Crippen molar-refractivity contribution in [2.45, 2.75) is 32.5 Å². The molecule has 2 heterocycles. The molecular weight excluding hydrogens is 276 g/mol. The Balaban J connectivity index is 2.19. The predicted octanol–water partition coefficient (Wildman–Crippen LogP) is 3.28. The molecule has 15 heavy (non-hydrogen) atoms. The number of aryl methyl sites for hydroxylation is 1. The van der Waals surface area contributed by atoms with Gasteiger partial charge in [-0.3, -0.25) is 0 Å². The fraction of sp³-hybridized carbons (Fsp3) is 0.636. The summed E-state index contributed by atoms with van der Waals surface area (Å²) in [5, 5.41) is 10.2. The highest BCUT2D eigenvalue weighted by Gasteiger charge is 2.33. The lowest BCUT2D eigenvalue weighted by molar-refractivity contribution is -0.0178. The number of thiophene rings is 1. The third kappa shape index (κ3) is 2.28. The molecule has 2 nitrogen and oxygen atoms in total. The minimum Gasteiger partial charge on any atom is -0.386 e. The Kier molecular flexibility index (Phi) is 3.50. The molecule has 1 aromatic heterocycles. The van der Waals surface area contributed by atoms with E-state index in [1.165, 1.54) is 0 Å². The Bertz CT molecular complexity index is 350. The van der Waals surface area contributed by atoms with Gasteiger partial charge >= 0.3 is 0 Å². The molecule has 0 radical (unpaired) electrons. The molecule has 1 N–H and O–H groups in total. The van der Waals surface area contributed by atoms with Crippen LogP contribution in [0.5, 0.6) is 0 Å². The smallest absolute Gasteiger partial charge is 0.106 e. The highest BCUT2D eigenvalue weighted by atomic mass is 79.9. The summed E-state index contributed by atoms with van der Waals surface area (Å²) in [7, 11) is 0. The average molecular weight is 291 g/mol. The number of halogens is 1. The van der Waals surface area contributed by atoms with Gasteiger partial charge in [0, 0.05) is 11.5 Å². The zero-order valence-corrected chi connectivity index (χ0v) is 11.3. The predicted molar refractivity (Wildman–Crippen MR) is 65.2 cm³/mol. The van der Waals surface area contributed by atoms with Crippen LogP contribution in [0.4, 0.5) is 0 Å². The minimum atomic E-state index is -0.481. The van der Waals surface area contributed by atoms with Gasteiger partial charge in [0.25, 0.3) is 0 Å². The molecule has 0 saturated carbocycles. The fourth-order valence-corrected chi connectivity index (χ4v) is 3.80. The van der Waals surface area contributed by atoms with Crippen LogP contribution in [-0.2, 0) is 4.74 Å². The summed E-state index contributed by atoms with van der Waals surface area (Å²) in [6.07, 6.45) is 0.529. The first kappa shape index (κ1) is 11.6. The van der Waals surface area contributed by atoms with Gasteiger partial charge in [0.15, 0.2) is 0 Å². The highest BCUT2D eigenvalue weighted by Crippen LogP contribution is 2.37. The Hall–Kier alpha value is 0.1000. The molecule has 2 rings (SSSR count). The summed E-state index contributed by atoms with van der Waals surface area (Å²) in [5.41, 5.74) is 1.01. The lowest BCUT2D eigenvalue weighted by Crippen LogP contribution is -2.23. The van der Waals surface area contributed by atoms with E-state index in [4.69, 9.17) is 4.74 Å². The molecular formula is C11H15BrO2S. The average Bonchev–Trinajstić information content (AvgIpc) is 2.71. The van der Waals surface area contributed by atoms with Crippen molar-refractivity contribution in [1.29, 1.82) is 0 Å². The molecule has 0 aromatic carbocycles. The molecule has 0 spiro atoms. The van der Waals surface area contributed by atoms with Gasteiger partial charge in [-0.1, -0.05) is 6.92 Å². The van der Waals surface area contributed by atoms with E-state index in [1.54, 1.807) is 11.3 Å². The molecule has 1 fully saturated rings. The van der Waals surface area contributed by atoms with Crippen LogP contribution >= 0.6 is 27.3 Å². The Morgan fingerprint density at radius 3 is 2.87 bits per heavy atom. The van der Waals surface area contributed by atoms with Crippen LogP contribution in [0.3, 0.4) is 0 Å². The maximum Gasteiger partial charge on any atom is 0.106 e. The second-order valence-electron chi connectivity index (χ2n) is 4.11. The molecule has 3 unspecified atom stereocenters. The lowest BCUT2D eigenvalue weighted by atomic mass is 9.95. The van der Waals surface area contributed by atoms with Gasteiger partial charge in [0.1, 0.15) is 6.10 Å². The second-order valence-corrected chi connectivity index (χ2v) is 6.74. The molecule has 0 amide bonds. The van der Waals surface area contributed by atoms with Crippen molar-refractivity contribution in [3.05, 3.63) is 20.3 Å². The van der Waals surface area contributed by atoms with E-state index in [9.17, 15) is 5.11 Å². The van der Waals surface area contributed by atoms with Crippen LogP contribution in [0.25, 0.3) is 0 Å². The van der Waals surface area contributed by atoms with Crippen molar-refractivity contribution in [3.8, 4) is 0 Å². The summed E-state index contributed by atoms with van der Waals surface area (Å²) in [4.78, 5) is 1.16. The first-order valence-corrected chi connectivity index (χ1v) is 6.76. The molecule has 0 bridgehead atoms. The van der Waals surface area contributed by atoms with E-state index in [-0.39, 0.29) is 6.10 Å². The Morgan fingerprint density at radius 2 is 2.40 bits per heavy atom. The SMILES string of the molecule is Cc1sc(Br)cc1C(O)C1OCCC1C. The van der Waals surface area contributed by atoms with Crippen molar-refractivity contribution < 1.29 is 9.84 Å². The van der Waals surface area contributed by atoms with Gasteiger partial charge in [-0.2, -0.15) is 0 Å². The van der Waals surface area contributed by atoms with Crippen LogP contribution < -0.4 is 0 Å². The normalized spacial score (nSPS) is 28.3. The van der Waals surface area contributed by atoms with Crippen molar-refractivity contribution in [1.82, 2.24) is 0 Å². The maximum atomic E-state index is 10.2. The van der Waals surface area contributed by atoms with Crippen LogP contribution in [0.15, 0.2) is 9.85 Å². The first-order valence-electron chi connectivity index (χ1n) is 5.15. The quantitative estimate of drug-likeness (QED) is 0.906. The van der Waals surface area contributed by atoms with Crippen molar-refractivity contribution in [3.63, 3.8) is 0 Å². The number of ether oxygens (including phenoxy) is 1. The summed E-state index contributed by atoms with van der Waals surface area (Å²) < 4.78 is 6.65. The zero-order valence-electron chi connectivity index (χ0n) is 8.87. The van der Waals surface area contributed by atoms with E-state index < -0.39 is 6.10 Å². The van der Waals surface area contributed by atoms with Gasteiger partial charge in [-0.05, 0) is 46.8 Å². The molecule has 1 saturated heterocycles. The van der Waals surface area contributed by atoms with Crippen molar-refractivity contribution in [2.75, 3.05) is 6.61 Å². The monoisotopic (exact) mass is 290 g/mol. The van der Waals surface area contributed by atoms with Gasteiger partial charge in [-0.25, -0.2) is 0 Å². The van der Waals surface area contributed by atoms with Crippen LogP contribution in [0.2, 0.25) is 0 Å². The zero-order chi connectivity index (χ0) is 11.0. The molecule has 1 aliphatic rings. The number of hydrogen-bond acceptors (Lipinski definition) is 3. The number of rotatable bonds is 2. The third-order valence-electron chi connectivity index (χ3n) is 3.00. The topological polar surface area (TPSA) is 29.5 Å². The van der Waals surface area contributed by atoms with E-state index in [2.05, 4.69) is 22.9 Å². The summed E-state index contributed by atoms with van der Waals surface area (Å²) in [5.74, 6) is 0.443. The molecule has 84 valence electrons. The highest BCUT2D eigenvalue weighted by molar-refractivity contribution is 9.11. The van der Waals surface area contributed by atoms with Gasteiger partial charge in [0.05, 0.1) is 9.89 Å². The van der Waals surface area contributed by atoms with Gasteiger partial charge < -0.3 is 9.84 Å². The van der Waals surface area contributed by atoms with E-state index >= 15 is 0 Å². The summed E-state index contributed by atoms with van der Waals surface area (Å²) in [6, 6.07) is 2.00. The van der Waals surface area contributed by atoms with Crippen LogP contribution in [0.1, 0.15) is 29.9 Å². The van der Waals surface area contributed by atoms with Crippen LogP contribution in [0, 0.1) is 12.8 Å². The fourth-order valence-electron chi connectivity index (χ4n) is 2.05. The number of aliphatic hydroxyl groups is 1. The minimum absolute atomic E-state index is 0.0369. The van der Waals surface area contributed by atoms with Gasteiger partial charge in [0.2, 0.25) is 0 Å². The third-order valence-corrected chi connectivity index (χ3v) is 4.57. The standard InChI is InChI=1S/C11H15BrO2S/c1-6-3-4-14-11(6)10(13)8-5-9(12)15-7(8)2/h5-6,10-11,13H,3-4H2,1-2H3. The molecule has 3 atom stereocenters. The lowest BCUT2D eigenvalue weighted by Gasteiger charge is -2.21. The van der Waals surface area contributed by atoms with E-state index in [0.29, 0.717) is 5.92 Å². The molecule has 0 aliphatic carbocycles. The van der Waals surface area contributed by atoms with Gasteiger partial charge in [-0.15, -0.1) is 11.3 Å². The molecule has 1 aromatic rings. The number of hydrogen-bond donors (Lipinski definition) is 1. The van der Waals surface area contributed by atoms with Crippen molar-refractivity contribution >= 4 is 27.3 Å². The largest absolute Gasteiger partial charge is 0.386 e. The van der Waals surface area contributed by atoms with Crippen LogP contribution in [-0.4, -0.2) is 17.8 Å².